The van der Waals surface area contributed by atoms with E-state index in [-0.39, 0.29) is 5.57 Å². The first kappa shape index (κ1) is 9.97. The number of methoxy groups -OCH3 is 2. The fraction of sp³-hybridized carbons (Fsp3) is 0.571. The molecule has 1 N–H and O–H groups in total. The van der Waals surface area contributed by atoms with E-state index in [4.69, 9.17) is 9.84 Å². The summed E-state index contributed by atoms with van der Waals surface area (Å²) < 4.78 is 9.27. The van der Waals surface area contributed by atoms with Crippen molar-refractivity contribution in [1.82, 2.24) is 0 Å². The van der Waals surface area contributed by atoms with Crippen molar-refractivity contribution in [2.45, 2.75) is 6.42 Å². The predicted octanol–water partition coefficient (Wildman–Crippen LogP) is 0.638. The standard InChI is InChI=1S/C7H12O4/c1-10-4-3-6(5-11-2)7(8)9/h5H,3-4H2,1-2H3,(H,8,9). The summed E-state index contributed by atoms with van der Waals surface area (Å²) in [6.45, 7) is 0.390. The minimum atomic E-state index is -0.969. The van der Waals surface area contributed by atoms with Gasteiger partial charge in [-0.2, -0.15) is 0 Å². The molecule has 0 unspecified atom stereocenters. The Bertz CT molecular complexity index is 151. The van der Waals surface area contributed by atoms with Crippen molar-refractivity contribution < 1.29 is 19.4 Å². The summed E-state index contributed by atoms with van der Waals surface area (Å²) in [7, 11) is 2.93. The lowest BCUT2D eigenvalue weighted by Crippen LogP contribution is -2.04. The molecule has 0 aromatic rings. The zero-order chi connectivity index (χ0) is 8.69. The molecule has 0 aliphatic heterocycles. The zero-order valence-electron chi connectivity index (χ0n) is 6.66. The lowest BCUT2D eigenvalue weighted by Gasteiger charge is -1.99. The number of rotatable bonds is 5. The molecule has 0 atom stereocenters. The van der Waals surface area contributed by atoms with Crippen molar-refractivity contribution in [2.75, 3.05) is 20.8 Å². The van der Waals surface area contributed by atoms with Crippen LogP contribution in [-0.4, -0.2) is 31.9 Å². The van der Waals surface area contributed by atoms with E-state index in [0.29, 0.717) is 13.0 Å². The first-order valence-corrected chi connectivity index (χ1v) is 3.16. The fourth-order valence-electron chi connectivity index (χ4n) is 0.571. The van der Waals surface area contributed by atoms with E-state index in [1.165, 1.54) is 20.5 Å². The molecule has 0 rings (SSSR count). The van der Waals surface area contributed by atoms with E-state index in [0.717, 1.165) is 0 Å². The molecule has 0 radical (unpaired) electrons. The van der Waals surface area contributed by atoms with Crippen LogP contribution in [0.25, 0.3) is 0 Å². The van der Waals surface area contributed by atoms with E-state index in [1.807, 2.05) is 0 Å². The van der Waals surface area contributed by atoms with Crippen LogP contribution in [0.5, 0.6) is 0 Å². The van der Waals surface area contributed by atoms with Crippen LogP contribution in [0.15, 0.2) is 11.8 Å². The third-order valence-corrected chi connectivity index (χ3v) is 1.11. The van der Waals surface area contributed by atoms with E-state index in [1.54, 1.807) is 0 Å². The maximum Gasteiger partial charge on any atom is 0.334 e. The number of aliphatic carboxylic acids is 1. The molecule has 4 heteroatoms. The highest BCUT2D eigenvalue weighted by Crippen LogP contribution is 2.01. The molecule has 0 spiro atoms. The van der Waals surface area contributed by atoms with Crippen LogP contribution in [0, 0.1) is 0 Å². The van der Waals surface area contributed by atoms with Gasteiger partial charge in [-0.15, -0.1) is 0 Å². The molecule has 0 saturated heterocycles. The van der Waals surface area contributed by atoms with Gasteiger partial charge in [0.15, 0.2) is 0 Å². The SMILES string of the molecule is COC=C(CCOC)C(=O)O. The largest absolute Gasteiger partial charge is 0.504 e. The molecule has 11 heavy (non-hydrogen) atoms. The molecule has 0 amide bonds. The number of carboxylic acid groups (broad SMARTS) is 1. The Kier molecular flexibility index (Phi) is 5.20. The van der Waals surface area contributed by atoms with Gasteiger partial charge in [0.2, 0.25) is 0 Å². The van der Waals surface area contributed by atoms with E-state index in [2.05, 4.69) is 4.74 Å². The van der Waals surface area contributed by atoms with Gasteiger partial charge in [0.25, 0.3) is 0 Å². The number of carbonyl (C=O) groups is 1. The Hall–Kier alpha value is -1.03. The van der Waals surface area contributed by atoms with Gasteiger partial charge >= 0.3 is 5.97 Å². The van der Waals surface area contributed by atoms with Crippen molar-refractivity contribution in [1.29, 1.82) is 0 Å². The quantitative estimate of drug-likeness (QED) is 0.473. The first-order valence-electron chi connectivity index (χ1n) is 3.16. The Balaban J connectivity index is 3.90. The summed E-state index contributed by atoms with van der Waals surface area (Å²) in [6, 6.07) is 0. The number of hydrogen-bond donors (Lipinski definition) is 1. The highest BCUT2D eigenvalue weighted by molar-refractivity contribution is 5.86. The van der Waals surface area contributed by atoms with Gasteiger partial charge in [-0.3, -0.25) is 0 Å². The second-order valence-corrected chi connectivity index (χ2v) is 1.93. The summed E-state index contributed by atoms with van der Waals surface area (Å²) in [4.78, 5) is 10.4. The Morgan fingerprint density at radius 2 is 2.18 bits per heavy atom. The second-order valence-electron chi connectivity index (χ2n) is 1.93. The van der Waals surface area contributed by atoms with Crippen LogP contribution < -0.4 is 0 Å². The average molecular weight is 160 g/mol. The topological polar surface area (TPSA) is 55.8 Å². The number of carboxylic acids is 1. The predicted molar refractivity (Wildman–Crippen MR) is 39.2 cm³/mol. The highest BCUT2D eigenvalue weighted by atomic mass is 16.5. The van der Waals surface area contributed by atoms with Crippen molar-refractivity contribution in [2.24, 2.45) is 0 Å². The minimum Gasteiger partial charge on any atom is -0.504 e. The van der Waals surface area contributed by atoms with E-state index >= 15 is 0 Å². The maximum absolute atomic E-state index is 10.4. The average Bonchev–Trinajstić information content (AvgIpc) is 1.97. The minimum absolute atomic E-state index is 0.217. The van der Waals surface area contributed by atoms with Crippen LogP contribution in [0.2, 0.25) is 0 Å². The fourth-order valence-corrected chi connectivity index (χ4v) is 0.571. The van der Waals surface area contributed by atoms with E-state index < -0.39 is 5.97 Å². The highest BCUT2D eigenvalue weighted by Gasteiger charge is 2.06. The van der Waals surface area contributed by atoms with Gasteiger partial charge in [-0.1, -0.05) is 0 Å². The molecule has 0 bridgehead atoms. The third-order valence-electron chi connectivity index (χ3n) is 1.11. The lowest BCUT2D eigenvalue weighted by atomic mass is 10.2. The monoisotopic (exact) mass is 160 g/mol. The summed E-state index contributed by atoms with van der Waals surface area (Å²) in [6.07, 6.45) is 1.57. The molecule has 64 valence electrons. The molecule has 0 saturated carbocycles. The summed E-state index contributed by atoms with van der Waals surface area (Å²) in [5.74, 6) is -0.969. The maximum atomic E-state index is 10.4. The van der Waals surface area contributed by atoms with Gasteiger partial charge in [-0.25, -0.2) is 4.79 Å². The molecule has 0 aliphatic carbocycles. The van der Waals surface area contributed by atoms with Gasteiger partial charge in [0, 0.05) is 13.5 Å². The number of ether oxygens (including phenoxy) is 2. The molecular weight excluding hydrogens is 148 g/mol. The van der Waals surface area contributed by atoms with Gasteiger partial charge in [0.05, 0.1) is 25.6 Å². The van der Waals surface area contributed by atoms with Crippen LogP contribution in [0.3, 0.4) is 0 Å². The van der Waals surface area contributed by atoms with Gasteiger partial charge in [0.1, 0.15) is 0 Å². The van der Waals surface area contributed by atoms with Crippen LogP contribution in [0.1, 0.15) is 6.42 Å². The third kappa shape index (κ3) is 4.38. The summed E-state index contributed by atoms with van der Waals surface area (Å²) >= 11 is 0. The van der Waals surface area contributed by atoms with Crippen LogP contribution >= 0.6 is 0 Å². The molecule has 0 aromatic carbocycles. The van der Waals surface area contributed by atoms with Crippen molar-refractivity contribution in [3.8, 4) is 0 Å². The van der Waals surface area contributed by atoms with Crippen molar-refractivity contribution in [3.63, 3.8) is 0 Å². The zero-order valence-corrected chi connectivity index (χ0v) is 6.66. The van der Waals surface area contributed by atoms with Crippen LogP contribution in [0.4, 0.5) is 0 Å². The second kappa shape index (κ2) is 5.73. The molecule has 0 heterocycles. The molecule has 0 aliphatic rings. The normalized spacial score (nSPS) is 11.3. The van der Waals surface area contributed by atoms with Crippen molar-refractivity contribution in [3.05, 3.63) is 11.8 Å². The molecule has 0 aromatic heterocycles. The summed E-state index contributed by atoms with van der Waals surface area (Å²) in [5, 5.41) is 8.53. The Morgan fingerprint density at radius 3 is 2.55 bits per heavy atom. The number of hydrogen-bond acceptors (Lipinski definition) is 3. The molecule has 4 nitrogen and oxygen atoms in total. The molecule has 0 fully saturated rings. The Labute approximate surface area is 65.4 Å². The lowest BCUT2D eigenvalue weighted by molar-refractivity contribution is -0.133. The van der Waals surface area contributed by atoms with Gasteiger partial charge in [-0.05, 0) is 0 Å². The van der Waals surface area contributed by atoms with E-state index in [9.17, 15) is 4.79 Å². The van der Waals surface area contributed by atoms with Crippen molar-refractivity contribution >= 4 is 5.97 Å². The first-order chi connectivity index (χ1) is 5.22. The summed E-state index contributed by atoms with van der Waals surface area (Å²) in [5.41, 5.74) is 0.217. The Morgan fingerprint density at radius 1 is 1.55 bits per heavy atom. The molecular formula is C7H12O4. The van der Waals surface area contributed by atoms with Gasteiger partial charge < -0.3 is 14.6 Å². The van der Waals surface area contributed by atoms with Crippen LogP contribution in [-0.2, 0) is 14.3 Å². The smallest absolute Gasteiger partial charge is 0.334 e.